The van der Waals surface area contributed by atoms with Crippen molar-refractivity contribution >= 4 is 11.8 Å². The lowest BCUT2D eigenvalue weighted by molar-refractivity contribution is -0.142. The predicted molar refractivity (Wildman–Crippen MR) is 105 cm³/mol. The van der Waals surface area contributed by atoms with Crippen LogP contribution in [0.2, 0.25) is 0 Å². The molecule has 0 spiro atoms. The average molecular weight is 379 g/mol. The van der Waals surface area contributed by atoms with E-state index in [0.717, 1.165) is 24.3 Å². The molecule has 146 valence electrons. The van der Waals surface area contributed by atoms with E-state index >= 15 is 0 Å². The van der Waals surface area contributed by atoms with E-state index in [1.54, 1.807) is 11.1 Å². The minimum absolute atomic E-state index is 0.110. The van der Waals surface area contributed by atoms with Gasteiger partial charge in [0.25, 0.3) is 5.91 Å². The number of nitrogens with zero attached hydrogens (tertiary/aromatic N) is 5. The van der Waals surface area contributed by atoms with Gasteiger partial charge in [-0.1, -0.05) is 30.3 Å². The van der Waals surface area contributed by atoms with Crippen molar-refractivity contribution in [3.05, 3.63) is 59.7 Å². The Balaban J connectivity index is 1.42. The van der Waals surface area contributed by atoms with Crippen LogP contribution in [0.5, 0.6) is 0 Å². The molecular weight excluding hydrogens is 354 g/mol. The molecule has 4 rings (SSSR count). The van der Waals surface area contributed by atoms with Crippen molar-refractivity contribution in [1.82, 2.24) is 24.7 Å². The van der Waals surface area contributed by atoms with Crippen LogP contribution in [0.3, 0.4) is 0 Å². The van der Waals surface area contributed by atoms with Crippen molar-refractivity contribution in [2.45, 2.75) is 25.9 Å². The summed E-state index contributed by atoms with van der Waals surface area (Å²) in [7, 11) is 0. The van der Waals surface area contributed by atoms with E-state index < -0.39 is 0 Å². The number of hydrogen-bond acceptors (Lipinski definition) is 5. The Morgan fingerprint density at radius 1 is 1.04 bits per heavy atom. The van der Waals surface area contributed by atoms with Gasteiger partial charge in [0.2, 0.25) is 5.91 Å². The zero-order chi connectivity index (χ0) is 19.5. The summed E-state index contributed by atoms with van der Waals surface area (Å²) >= 11 is 0. The lowest BCUT2D eigenvalue weighted by Crippen LogP contribution is -2.56. The first kappa shape index (κ1) is 18.6. The van der Waals surface area contributed by atoms with Crippen LogP contribution < -0.4 is 0 Å². The molecule has 0 bridgehead atoms. The molecule has 2 amide bonds. The van der Waals surface area contributed by atoms with Crippen LogP contribution in [0.25, 0.3) is 0 Å². The van der Waals surface area contributed by atoms with Crippen LogP contribution in [0, 0.1) is 6.92 Å². The van der Waals surface area contributed by atoms with Gasteiger partial charge in [-0.3, -0.25) is 19.5 Å². The maximum absolute atomic E-state index is 13.1. The molecule has 28 heavy (non-hydrogen) atoms. The second kappa shape index (κ2) is 8.06. The second-order valence-electron chi connectivity index (χ2n) is 7.42. The molecule has 3 heterocycles. The molecule has 0 aliphatic carbocycles. The summed E-state index contributed by atoms with van der Waals surface area (Å²) in [6, 6.07) is 9.93. The molecule has 2 aliphatic rings. The molecule has 1 unspecified atom stereocenters. The number of aryl methyl sites for hydroxylation is 1. The first-order valence-corrected chi connectivity index (χ1v) is 9.76. The summed E-state index contributed by atoms with van der Waals surface area (Å²) in [5.41, 5.74) is 2.30. The topological polar surface area (TPSA) is 69.6 Å². The molecule has 2 saturated heterocycles. The number of aromatic nitrogens is 2. The fraction of sp³-hybridized carbons (Fsp3) is 0.429. The average Bonchev–Trinajstić information content (AvgIpc) is 2.94. The molecule has 1 atom stereocenters. The second-order valence-corrected chi connectivity index (χ2v) is 7.42. The highest BCUT2D eigenvalue weighted by Gasteiger charge is 2.37. The van der Waals surface area contributed by atoms with E-state index in [9.17, 15) is 9.59 Å². The molecule has 2 aliphatic heterocycles. The minimum Gasteiger partial charge on any atom is -0.336 e. The minimum atomic E-state index is -0.153. The van der Waals surface area contributed by atoms with E-state index in [1.165, 1.54) is 6.20 Å². The number of rotatable bonds is 3. The highest BCUT2D eigenvalue weighted by atomic mass is 16.2. The summed E-state index contributed by atoms with van der Waals surface area (Å²) in [5.74, 6) is 0.0560. The quantitative estimate of drug-likeness (QED) is 0.805. The van der Waals surface area contributed by atoms with Crippen LogP contribution in [-0.2, 0) is 11.3 Å². The van der Waals surface area contributed by atoms with E-state index in [2.05, 4.69) is 27.0 Å². The largest absolute Gasteiger partial charge is 0.336 e. The van der Waals surface area contributed by atoms with Crippen LogP contribution in [0.4, 0.5) is 0 Å². The lowest BCUT2D eigenvalue weighted by atomic mass is 10.1. The molecule has 0 N–H and O–H groups in total. The van der Waals surface area contributed by atoms with Gasteiger partial charge in [-0.2, -0.15) is 0 Å². The maximum atomic E-state index is 13.1. The molecule has 0 saturated carbocycles. The number of benzene rings is 1. The monoisotopic (exact) mass is 379 g/mol. The zero-order valence-electron chi connectivity index (χ0n) is 16.1. The number of piperazine rings is 1. The number of carbonyl (C=O) groups is 2. The van der Waals surface area contributed by atoms with Crippen LogP contribution in [-0.4, -0.2) is 75.2 Å². The van der Waals surface area contributed by atoms with E-state index in [0.29, 0.717) is 38.3 Å². The van der Waals surface area contributed by atoms with Crippen molar-refractivity contribution in [2.75, 3.05) is 32.7 Å². The molecule has 7 nitrogen and oxygen atoms in total. The van der Waals surface area contributed by atoms with Gasteiger partial charge in [-0.05, 0) is 18.9 Å². The third-order valence-corrected chi connectivity index (χ3v) is 5.53. The van der Waals surface area contributed by atoms with Crippen LogP contribution >= 0.6 is 0 Å². The molecule has 2 aromatic rings. The van der Waals surface area contributed by atoms with Gasteiger partial charge in [0.05, 0.1) is 17.9 Å². The third kappa shape index (κ3) is 3.89. The fourth-order valence-electron chi connectivity index (χ4n) is 3.92. The predicted octanol–water partition coefficient (Wildman–Crippen LogP) is 1.34. The van der Waals surface area contributed by atoms with Gasteiger partial charge >= 0.3 is 0 Å². The van der Waals surface area contributed by atoms with E-state index in [4.69, 9.17) is 0 Å². The number of amides is 2. The van der Waals surface area contributed by atoms with E-state index in [1.807, 2.05) is 30.0 Å². The molecule has 1 aromatic heterocycles. The Bertz CT molecular complexity index is 840. The van der Waals surface area contributed by atoms with Gasteiger partial charge in [-0.15, -0.1) is 0 Å². The summed E-state index contributed by atoms with van der Waals surface area (Å²) in [6.07, 6.45) is 3.79. The third-order valence-electron chi connectivity index (χ3n) is 5.53. The molecular formula is C21H25N5O2. The molecule has 1 aromatic carbocycles. The maximum Gasteiger partial charge on any atom is 0.274 e. The highest BCUT2D eigenvalue weighted by molar-refractivity contribution is 5.92. The number of fused-ring (bicyclic) bond motifs is 1. The van der Waals surface area contributed by atoms with Crippen LogP contribution in [0.15, 0.2) is 42.7 Å². The summed E-state index contributed by atoms with van der Waals surface area (Å²) in [4.78, 5) is 40.2. The van der Waals surface area contributed by atoms with Crippen molar-refractivity contribution in [3.8, 4) is 0 Å². The Labute approximate surface area is 165 Å². The van der Waals surface area contributed by atoms with Gasteiger partial charge in [0.15, 0.2) is 0 Å². The van der Waals surface area contributed by atoms with Gasteiger partial charge in [0, 0.05) is 45.5 Å². The molecule has 7 heteroatoms. The smallest absolute Gasteiger partial charge is 0.274 e. The van der Waals surface area contributed by atoms with Gasteiger partial charge < -0.3 is 9.80 Å². The van der Waals surface area contributed by atoms with Gasteiger partial charge in [0.1, 0.15) is 5.69 Å². The van der Waals surface area contributed by atoms with Crippen molar-refractivity contribution < 1.29 is 9.59 Å². The summed E-state index contributed by atoms with van der Waals surface area (Å²) in [5, 5.41) is 0. The number of carbonyl (C=O) groups excluding carboxylic acids is 2. The Morgan fingerprint density at radius 3 is 2.57 bits per heavy atom. The molecule has 2 fully saturated rings. The number of hydrogen-bond donors (Lipinski definition) is 0. The zero-order valence-corrected chi connectivity index (χ0v) is 16.1. The lowest BCUT2D eigenvalue weighted by Gasteiger charge is -2.39. The summed E-state index contributed by atoms with van der Waals surface area (Å²) in [6.45, 7) is 5.93. The molecule has 0 radical (unpaired) electrons. The van der Waals surface area contributed by atoms with Gasteiger partial charge in [-0.25, -0.2) is 4.98 Å². The van der Waals surface area contributed by atoms with Crippen molar-refractivity contribution in [3.63, 3.8) is 0 Å². The highest BCUT2D eigenvalue weighted by Crippen LogP contribution is 2.20. The van der Waals surface area contributed by atoms with E-state index in [-0.39, 0.29) is 17.9 Å². The standard InChI is InChI=1S/C21H25N5O2/c1-16-13-23-18(14-22-16)20(27)25-8-7-19-21(28)26(12-10-24(19)9-11-25)15-17-5-3-2-4-6-17/h2-6,13-14,19H,7-12,15H2,1H3. The van der Waals surface area contributed by atoms with Crippen molar-refractivity contribution in [1.29, 1.82) is 0 Å². The first-order valence-electron chi connectivity index (χ1n) is 9.76. The Kier molecular flexibility index (Phi) is 5.34. The normalized spacial score (nSPS) is 20.6. The first-order chi connectivity index (χ1) is 13.6. The Hall–Kier alpha value is -2.80. The Morgan fingerprint density at radius 2 is 1.82 bits per heavy atom. The SMILES string of the molecule is Cc1cnc(C(=O)N2CCC3C(=O)N(Cc4ccccc4)CCN3CC2)cn1. The van der Waals surface area contributed by atoms with Crippen molar-refractivity contribution in [2.24, 2.45) is 0 Å². The van der Waals surface area contributed by atoms with Crippen LogP contribution in [0.1, 0.15) is 28.2 Å². The fourth-order valence-corrected chi connectivity index (χ4v) is 3.92. The summed E-state index contributed by atoms with van der Waals surface area (Å²) < 4.78 is 0.